The van der Waals surface area contributed by atoms with Crippen LogP contribution in [-0.4, -0.2) is 46.9 Å². The van der Waals surface area contributed by atoms with Crippen LogP contribution in [0.4, 0.5) is 10.5 Å². The minimum absolute atomic E-state index is 0.0164. The smallest absolute Gasteiger partial charge is 0.319 e. The van der Waals surface area contributed by atoms with Crippen LogP contribution in [0.3, 0.4) is 0 Å². The van der Waals surface area contributed by atoms with Crippen molar-refractivity contribution >= 4 is 11.7 Å². The molecule has 0 radical (unpaired) electrons. The number of ether oxygens (including phenoxy) is 3. The number of carbonyl (C=O) groups excluding carboxylic acids is 1. The van der Waals surface area contributed by atoms with Crippen molar-refractivity contribution in [2.75, 3.05) is 18.9 Å². The Morgan fingerprint density at radius 2 is 1.40 bits per heavy atom. The maximum absolute atomic E-state index is 12.8. The molecule has 0 bridgehead atoms. The highest BCUT2D eigenvalue weighted by atomic mass is 16.7. The summed E-state index contributed by atoms with van der Waals surface area (Å²) in [5.41, 5.74) is 7.20. The predicted octanol–water partition coefficient (Wildman–Crippen LogP) is 9.81. The molecule has 6 aromatic carbocycles. The molecule has 0 unspecified atom stereocenters. The lowest BCUT2D eigenvalue weighted by molar-refractivity contribution is -0.276. The van der Waals surface area contributed by atoms with E-state index in [9.17, 15) is 15.0 Å². The van der Waals surface area contributed by atoms with Crippen molar-refractivity contribution in [2.24, 2.45) is 5.92 Å². The molecule has 1 aliphatic rings. The number of carbonyl (C=O) groups is 1. The number of para-hydroxylation sites is 1. The summed E-state index contributed by atoms with van der Waals surface area (Å²) in [5, 5.41) is 26.8. The maximum atomic E-state index is 12.8. The van der Waals surface area contributed by atoms with E-state index in [1.54, 1.807) is 12.1 Å². The molecule has 6 aromatic rings. The van der Waals surface area contributed by atoms with Crippen LogP contribution in [0.5, 0.6) is 11.5 Å². The normalized spacial score (nSPS) is 18.9. The highest BCUT2D eigenvalue weighted by molar-refractivity contribution is 5.89. The van der Waals surface area contributed by atoms with Crippen LogP contribution >= 0.6 is 0 Å². The first-order valence-electron chi connectivity index (χ1n) is 19.7. The number of urea groups is 1. The molecule has 0 aliphatic carbocycles. The van der Waals surface area contributed by atoms with Gasteiger partial charge in [-0.25, -0.2) is 4.79 Å². The predicted molar refractivity (Wildman–Crippen MR) is 227 cm³/mol. The third-order valence-corrected chi connectivity index (χ3v) is 10.8. The molecule has 1 saturated heterocycles. The van der Waals surface area contributed by atoms with Gasteiger partial charge in [-0.15, -0.1) is 0 Å². The Bertz CT molecular complexity index is 2220. The fraction of sp³-hybridized carbons (Fsp3) is 0.245. The molecule has 0 saturated carbocycles. The summed E-state index contributed by atoms with van der Waals surface area (Å²) < 4.78 is 19.4. The molecule has 0 aromatic heterocycles. The van der Waals surface area contributed by atoms with Crippen molar-refractivity contribution in [1.29, 1.82) is 0 Å². The maximum Gasteiger partial charge on any atom is 0.319 e. The summed E-state index contributed by atoms with van der Waals surface area (Å²) in [5.74, 6) is 1.41. The van der Waals surface area contributed by atoms with Gasteiger partial charge < -0.3 is 35.1 Å². The molecular formula is C49H51N3O6. The minimum Gasteiger partial charge on any atom is -0.457 e. The van der Waals surface area contributed by atoms with Crippen molar-refractivity contribution in [3.63, 3.8) is 0 Å². The molecule has 2 amide bonds. The molecule has 1 aliphatic heterocycles. The zero-order valence-electron chi connectivity index (χ0n) is 33.1. The van der Waals surface area contributed by atoms with Crippen molar-refractivity contribution < 1.29 is 29.2 Å². The van der Waals surface area contributed by atoms with E-state index in [0.717, 1.165) is 44.7 Å². The third-order valence-electron chi connectivity index (χ3n) is 10.8. The number of nitrogens with zero attached hydrogens (tertiary/aromatic N) is 1. The summed E-state index contributed by atoms with van der Waals surface area (Å²) in [6.07, 6.45) is -1.81. The lowest BCUT2D eigenvalue weighted by atomic mass is 9.89. The van der Waals surface area contributed by atoms with Gasteiger partial charge in [0.2, 0.25) is 0 Å². The van der Waals surface area contributed by atoms with Crippen LogP contribution < -0.4 is 15.4 Å². The van der Waals surface area contributed by atoms with Gasteiger partial charge in [-0.3, -0.25) is 4.90 Å². The Kier molecular flexibility index (Phi) is 13.3. The average Bonchev–Trinajstić information content (AvgIpc) is 3.27. The van der Waals surface area contributed by atoms with Crippen molar-refractivity contribution in [1.82, 2.24) is 10.2 Å². The average molecular weight is 778 g/mol. The lowest BCUT2D eigenvalue weighted by Crippen LogP contribution is -2.46. The fourth-order valence-corrected chi connectivity index (χ4v) is 7.26. The lowest BCUT2D eigenvalue weighted by Gasteiger charge is -2.43. The van der Waals surface area contributed by atoms with Crippen LogP contribution in [0.15, 0.2) is 158 Å². The Balaban J connectivity index is 1.03. The summed E-state index contributed by atoms with van der Waals surface area (Å²) in [4.78, 5) is 15.0. The van der Waals surface area contributed by atoms with Crippen LogP contribution in [0.1, 0.15) is 60.2 Å². The fourth-order valence-electron chi connectivity index (χ4n) is 7.26. The van der Waals surface area contributed by atoms with E-state index in [1.807, 2.05) is 135 Å². The van der Waals surface area contributed by atoms with Gasteiger partial charge in [0.25, 0.3) is 0 Å². The molecule has 0 spiro atoms. The number of hydrogen-bond acceptors (Lipinski definition) is 7. The number of aliphatic hydroxyl groups is 2. The first kappa shape index (κ1) is 40.4. The first-order chi connectivity index (χ1) is 28.2. The zero-order valence-corrected chi connectivity index (χ0v) is 33.1. The van der Waals surface area contributed by atoms with Gasteiger partial charge >= 0.3 is 6.03 Å². The van der Waals surface area contributed by atoms with E-state index in [0.29, 0.717) is 24.5 Å². The summed E-state index contributed by atoms with van der Waals surface area (Å²) in [7, 11) is 2.02. The molecule has 4 N–H and O–H groups in total. The molecule has 58 heavy (non-hydrogen) atoms. The van der Waals surface area contributed by atoms with E-state index in [2.05, 4.69) is 46.7 Å². The largest absolute Gasteiger partial charge is 0.457 e. The second kappa shape index (κ2) is 19.1. The number of amides is 2. The van der Waals surface area contributed by atoms with Crippen molar-refractivity contribution in [3.8, 4) is 22.6 Å². The Labute approximate surface area is 340 Å². The Morgan fingerprint density at radius 3 is 2.10 bits per heavy atom. The minimum atomic E-state index is -0.658. The van der Waals surface area contributed by atoms with Crippen LogP contribution in [-0.2, 0) is 22.6 Å². The standard InChI is InChI=1S/C49H51N3O6/c1-33-45(31-52(3)34(2)46(54)37-13-6-4-7-14-37)57-48(58-47(33)38-22-20-35(32-53)21-23-38)41-17-11-16-40(29-41)39-15-10-12-36(28-39)30-50-49(55)51-42-24-26-44(27-25-42)56-43-18-8-5-9-19-43/h4-29,33-34,45-48,53-54H,30-32H2,1-3H3,(H2,50,51,55)/t33-,34-,45+,46-,47+,48+/m0/s1. The highest BCUT2D eigenvalue weighted by Crippen LogP contribution is 2.43. The zero-order chi connectivity index (χ0) is 40.4. The van der Waals surface area contributed by atoms with Crippen LogP contribution in [0.25, 0.3) is 11.1 Å². The number of aliphatic hydroxyl groups excluding tert-OH is 2. The molecule has 6 atom stereocenters. The number of rotatable bonds is 14. The second-order valence-corrected chi connectivity index (χ2v) is 14.9. The number of hydrogen-bond donors (Lipinski definition) is 4. The number of anilines is 1. The third kappa shape index (κ3) is 10.2. The topological polar surface area (TPSA) is 113 Å². The summed E-state index contributed by atoms with van der Waals surface area (Å²) in [6.45, 7) is 5.06. The first-order valence-corrected chi connectivity index (χ1v) is 19.7. The monoisotopic (exact) mass is 777 g/mol. The summed E-state index contributed by atoms with van der Waals surface area (Å²) >= 11 is 0. The van der Waals surface area contributed by atoms with Gasteiger partial charge in [-0.05, 0) is 95.9 Å². The Hall–Kier alpha value is -5.81. The van der Waals surface area contributed by atoms with E-state index >= 15 is 0 Å². The van der Waals surface area contributed by atoms with Gasteiger partial charge in [0, 0.05) is 36.3 Å². The van der Waals surface area contributed by atoms with Gasteiger partial charge in [-0.1, -0.05) is 116 Å². The van der Waals surface area contributed by atoms with Gasteiger partial charge in [0.05, 0.1) is 24.9 Å². The molecule has 9 heteroatoms. The number of nitrogens with one attached hydrogen (secondary N) is 2. The number of benzene rings is 6. The van der Waals surface area contributed by atoms with E-state index in [4.69, 9.17) is 14.2 Å². The quantitative estimate of drug-likeness (QED) is 0.0872. The van der Waals surface area contributed by atoms with Crippen LogP contribution in [0, 0.1) is 5.92 Å². The van der Waals surface area contributed by atoms with Crippen LogP contribution in [0.2, 0.25) is 0 Å². The SMILES string of the molecule is C[C@H]1[C@@H](CN(C)[C@@H](C)[C@H](O)c2ccccc2)O[C@@H](c2cccc(-c3cccc(CNC(=O)Nc4ccc(Oc5ccccc5)cc4)c3)c2)O[C@H]1c1ccc(CO)cc1. The van der Waals surface area contributed by atoms with Gasteiger partial charge in [0.15, 0.2) is 6.29 Å². The molecule has 9 nitrogen and oxygen atoms in total. The molecule has 1 heterocycles. The molecule has 7 rings (SSSR count). The van der Waals surface area contributed by atoms with Crippen molar-refractivity contribution in [3.05, 3.63) is 186 Å². The van der Waals surface area contributed by atoms with Gasteiger partial charge in [-0.2, -0.15) is 0 Å². The van der Waals surface area contributed by atoms with Gasteiger partial charge in [0.1, 0.15) is 11.5 Å². The highest BCUT2D eigenvalue weighted by Gasteiger charge is 2.39. The van der Waals surface area contributed by atoms with Crippen molar-refractivity contribution in [2.45, 2.75) is 57.6 Å². The summed E-state index contributed by atoms with van der Waals surface area (Å²) in [6, 6.07) is 50.2. The van der Waals surface area contributed by atoms with E-state index < -0.39 is 12.4 Å². The second-order valence-electron chi connectivity index (χ2n) is 14.9. The van der Waals surface area contributed by atoms with E-state index in [1.165, 1.54) is 0 Å². The number of likely N-dealkylation sites (N-methyl/N-ethyl adjacent to an activating group) is 1. The Morgan fingerprint density at radius 1 is 0.741 bits per heavy atom. The van der Waals surface area contributed by atoms with E-state index in [-0.39, 0.29) is 36.8 Å². The molecular weight excluding hydrogens is 727 g/mol. The molecule has 298 valence electrons. The molecule has 1 fully saturated rings.